The molecule has 1 fully saturated rings. The summed E-state index contributed by atoms with van der Waals surface area (Å²) in [5, 5.41) is 0. The van der Waals surface area contributed by atoms with Gasteiger partial charge >= 0.3 is 6.16 Å². The Labute approximate surface area is 68.2 Å². The fraction of sp³-hybridized carbons (Fsp3) is 0.800. The molecule has 1 aliphatic rings. The first kappa shape index (κ1) is 7.95. The molecule has 0 amide bonds. The summed E-state index contributed by atoms with van der Waals surface area (Å²) in [6.45, 7) is 0. The minimum Gasteiger partial charge on any atom is -0.426 e. The van der Waals surface area contributed by atoms with Crippen molar-refractivity contribution in [3.05, 3.63) is 0 Å². The van der Waals surface area contributed by atoms with Crippen LogP contribution in [0.1, 0.15) is 0 Å². The fourth-order valence-electron chi connectivity index (χ4n) is 0.688. The van der Waals surface area contributed by atoms with Crippen molar-refractivity contribution in [2.24, 2.45) is 0 Å². The summed E-state index contributed by atoms with van der Waals surface area (Å²) in [4.78, 5) is 10.4. The monoisotopic (exact) mass is 184 g/mol. The molecule has 0 aliphatic carbocycles. The van der Waals surface area contributed by atoms with E-state index in [0.29, 0.717) is 0 Å². The molecule has 0 radical (unpaired) electrons. The summed E-state index contributed by atoms with van der Waals surface area (Å²) in [6.07, 6.45) is -1.45. The van der Waals surface area contributed by atoms with E-state index in [9.17, 15) is 4.79 Å². The molecular formula is C5H6Cl2O3. The average Bonchev–Trinajstić information content (AvgIpc) is 2.30. The van der Waals surface area contributed by atoms with Crippen LogP contribution in [-0.2, 0) is 9.47 Å². The minimum atomic E-state index is -0.684. The van der Waals surface area contributed by atoms with Crippen molar-refractivity contribution >= 4 is 29.4 Å². The lowest BCUT2D eigenvalue weighted by molar-refractivity contribution is 0.119. The van der Waals surface area contributed by atoms with Crippen LogP contribution in [0, 0.1) is 0 Å². The van der Waals surface area contributed by atoms with Crippen LogP contribution in [0.3, 0.4) is 0 Å². The maximum atomic E-state index is 10.4. The molecule has 0 saturated carbocycles. The molecule has 3 nitrogen and oxygen atoms in total. The number of alkyl halides is 2. The van der Waals surface area contributed by atoms with Gasteiger partial charge in [-0.05, 0) is 0 Å². The van der Waals surface area contributed by atoms with Crippen molar-refractivity contribution in [3.63, 3.8) is 0 Å². The van der Waals surface area contributed by atoms with Gasteiger partial charge in [0.1, 0.15) is 0 Å². The standard InChI is InChI=1S/C5H6Cl2O3/c6-1-3-4(2-7)10-5(8)9-3/h3-4H,1-2H2/t3-,4-/m0/s1. The van der Waals surface area contributed by atoms with Crippen LogP contribution >= 0.6 is 23.2 Å². The van der Waals surface area contributed by atoms with Crippen LogP contribution in [0.25, 0.3) is 0 Å². The molecular weight excluding hydrogens is 179 g/mol. The predicted octanol–water partition coefficient (Wildman–Crippen LogP) is 1.37. The van der Waals surface area contributed by atoms with Crippen molar-refractivity contribution in [2.45, 2.75) is 12.2 Å². The number of cyclic esters (lactones) is 2. The third-order valence-electron chi connectivity index (χ3n) is 1.21. The van der Waals surface area contributed by atoms with Crippen molar-refractivity contribution in [2.75, 3.05) is 11.8 Å². The molecule has 0 unspecified atom stereocenters. The third-order valence-corrected chi connectivity index (χ3v) is 1.82. The summed E-state index contributed by atoms with van der Waals surface area (Å²) in [6, 6.07) is 0. The van der Waals surface area contributed by atoms with Crippen molar-refractivity contribution < 1.29 is 14.3 Å². The second-order valence-electron chi connectivity index (χ2n) is 1.87. The third kappa shape index (κ3) is 1.47. The van der Waals surface area contributed by atoms with Gasteiger partial charge in [-0.2, -0.15) is 0 Å². The lowest BCUT2D eigenvalue weighted by Crippen LogP contribution is -2.25. The van der Waals surface area contributed by atoms with Crippen LogP contribution in [0.15, 0.2) is 0 Å². The van der Waals surface area contributed by atoms with E-state index in [1.807, 2.05) is 0 Å². The molecule has 0 spiro atoms. The van der Waals surface area contributed by atoms with Gasteiger partial charge in [0.05, 0.1) is 11.8 Å². The molecule has 0 aromatic rings. The van der Waals surface area contributed by atoms with E-state index in [1.165, 1.54) is 0 Å². The van der Waals surface area contributed by atoms with E-state index < -0.39 is 6.16 Å². The molecule has 58 valence electrons. The van der Waals surface area contributed by atoms with Gasteiger partial charge in [0.15, 0.2) is 12.2 Å². The normalized spacial score (nSPS) is 31.6. The molecule has 0 aromatic heterocycles. The minimum absolute atomic E-state index is 0.225. The SMILES string of the molecule is O=C1O[C@@H](CCl)[C@H](CCl)O1. The molecule has 0 aromatic carbocycles. The van der Waals surface area contributed by atoms with Gasteiger partial charge in [0, 0.05) is 0 Å². The van der Waals surface area contributed by atoms with E-state index in [2.05, 4.69) is 9.47 Å². The number of carbonyl (C=O) groups excluding carboxylic acids is 1. The van der Waals surface area contributed by atoms with E-state index in [-0.39, 0.29) is 24.0 Å². The zero-order valence-electron chi connectivity index (χ0n) is 5.05. The highest BCUT2D eigenvalue weighted by Crippen LogP contribution is 2.17. The first-order valence-electron chi connectivity index (χ1n) is 2.77. The highest BCUT2D eigenvalue weighted by Gasteiger charge is 2.34. The van der Waals surface area contributed by atoms with Crippen molar-refractivity contribution in [1.82, 2.24) is 0 Å². The molecule has 0 bridgehead atoms. The lowest BCUT2D eigenvalue weighted by Gasteiger charge is -2.07. The largest absolute Gasteiger partial charge is 0.509 e. The van der Waals surface area contributed by atoms with Crippen molar-refractivity contribution in [1.29, 1.82) is 0 Å². The fourth-order valence-corrected chi connectivity index (χ4v) is 1.21. The molecule has 5 heteroatoms. The quantitative estimate of drug-likeness (QED) is 0.481. The van der Waals surface area contributed by atoms with E-state index in [0.717, 1.165) is 0 Å². The summed E-state index contributed by atoms with van der Waals surface area (Å²) in [5.74, 6) is 0.451. The van der Waals surface area contributed by atoms with Crippen LogP contribution in [0.4, 0.5) is 4.79 Å². The lowest BCUT2D eigenvalue weighted by atomic mass is 10.3. The maximum absolute atomic E-state index is 10.4. The highest BCUT2D eigenvalue weighted by atomic mass is 35.5. The first-order valence-corrected chi connectivity index (χ1v) is 3.84. The smallest absolute Gasteiger partial charge is 0.426 e. The Hall–Kier alpha value is -0.150. The number of halogens is 2. The van der Waals surface area contributed by atoms with Gasteiger partial charge in [-0.1, -0.05) is 0 Å². The molecule has 10 heavy (non-hydrogen) atoms. The molecule has 1 rings (SSSR count). The number of ether oxygens (including phenoxy) is 2. The van der Waals surface area contributed by atoms with Crippen LogP contribution < -0.4 is 0 Å². The average molecular weight is 185 g/mol. The van der Waals surface area contributed by atoms with Gasteiger partial charge in [-0.3, -0.25) is 0 Å². The predicted molar refractivity (Wildman–Crippen MR) is 36.6 cm³/mol. The number of rotatable bonds is 2. The number of hydrogen-bond donors (Lipinski definition) is 0. The zero-order valence-corrected chi connectivity index (χ0v) is 6.56. The van der Waals surface area contributed by atoms with E-state index in [1.54, 1.807) is 0 Å². The Morgan fingerprint density at radius 2 is 1.60 bits per heavy atom. The van der Waals surface area contributed by atoms with Gasteiger partial charge < -0.3 is 9.47 Å². The second kappa shape index (κ2) is 3.30. The van der Waals surface area contributed by atoms with Crippen LogP contribution in [-0.4, -0.2) is 30.1 Å². The van der Waals surface area contributed by atoms with Gasteiger partial charge in [-0.25, -0.2) is 4.79 Å². The highest BCUT2D eigenvalue weighted by molar-refractivity contribution is 6.19. The van der Waals surface area contributed by atoms with E-state index >= 15 is 0 Å². The molecule has 1 heterocycles. The van der Waals surface area contributed by atoms with Gasteiger partial charge in [0.25, 0.3) is 0 Å². The molecule has 1 aliphatic heterocycles. The maximum Gasteiger partial charge on any atom is 0.509 e. The first-order chi connectivity index (χ1) is 4.77. The van der Waals surface area contributed by atoms with Gasteiger partial charge in [-0.15, -0.1) is 23.2 Å². The Bertz CT molecular complexity index is 125. The topological polar surface area (TPSA) is 35.5 Å². The molecule has 0 N–H and O–H groups in total. The van der Waals surface area contributed by atoms with Gasteiger partial charge in [0.2, 0.25) is 0 Å². The second-order valence-corrected chi connectivity index (χ2v) is 2.49. The Morgan fingerprint density at radius 1 is 1.20 bits per heavy atom. The summed E-state index contributed by atoms with van der Waals surface area (Å²) in [5.41, 5.74) is 0. The summed E-state index contributed by atoms with van der Waals surface area (Å²) < 4.78 is 9.27. The Kier molecular flexibility index (Phi) is 2.63. The summed E-state index contributed by atoms with van der Waals surface area (Å²) in [7, 11) is 0. The molecule has 2 atom stereocenters. The van der Waals surface area contributed by atoms with E-state index in [4.69, 9.17) is 23.2 Å². The Balaban J connectivity index is 2.48. The van der Waals surface area contributed by atoms with Crippen LogP contribution in [0.5, 0.6) is 0 Å². The Morgan fingerprint density at radius 3 is 1.90 bits per heavy atom. The summed E-state index contributed by atoms with van der Waals surface area (Å²) >= 11 is 10.9. The number of carbonyl (C=O) groups is 1. The number of hydrogen-bond acceptors (Lipinski definition) is 3. The van der Waals surface area contributed by atoms with Crippen molar-refractivity contribution in [3.8, 4) is 0 Å². The zero-order chi connectivity index (χ0) is 7.56. The van der Waals surface area contributed by atoms with Crippen LogP contribution in [0.2, 0.25) is 0 Å². The molecule has 1 saturated heterocycles.